The largest absolute Gasteiger partial charge is 0.380 e. The summed E-state index contributed by atoms with van der Waals surface area (Å²) in [6.07, 6.45) is 3.07. The maximum atomic E-state index is 12.4. The van der Waals surface area contributed by atoms with Gasteiger partial charge in [-0.05, 0) is 24.3 Å². The smallest absolute Gasteiger partial charge is 0.273 e. The van der Waals surface area contributed by atoms with E-state index < -0.39 is 0 Å². The number of rotatable bonds is 5. The minimum absolute atomic E-state index is 0.276. The summed E-state index contributed by atoms with van der Waals surface area (Å²) in [4.78, 5) is 16.5. The van der Waals surface area contributed by atoms with E-state index >= 15 is 0 Å². The number of hydrogen-bond donors (Lipinski definition) is 2. The van der Waals surface area contributed by atoms with Crippen molar-refractivity contribution in [2.24, 2.45) is 0 Å². The molecule has 116 valence electrons. The lowest BCUT2D eigenvalue weighted by atomic mass is 10.3. The second-order valence-corrected chi connectivity index (χ2v) is 5.07. The minimum atomic E-state index is -0.276. The van der Waals surface area contributed by atoms with Crippen LogP contribution in [0.3, 0.4) is 0 Å². The quantitative estimate of drug-likeness (QED) is 0.701. The SMILES string of the molecule is C=CCNc1cc(=O)n(-c2ccc(Cl)cc2)nc1-c1ncn[nH]1. The Morgan fingerprint density at radius 3 is 2.78 bits per heavy atom. The molecule has 1 aromatic carbocycles. The van der Waals surface area contributed by atoms with E-state index in [0.717, 1.165) is 0 Å². The van der Waals surface area contributed by atoms with Crippen molar-refractivity contribution in [3.05, 3.63) is 64.7 Å². The molecular formula is C15H13ClN6O. The molecule has 0 fully saturated rings. The normalized spacial score (nSPS) is 10.5. The molecule has 0 saturated heterocycles. The molecule has 0 radical (unpaired) electrons. The average molecular weight is 329 g/mol. The molecule has 8 heteroatoms. The lowest BCUT2D eigenvalue weighted by Crippen LogP contribution is -2.22. The lowest BCUT2D eigenvalue weighted by Gasteiger charge is -2.11. The number of hydrogen-bond acceptors (Lipinski definition) is 5. The molecule has 0 amide bonds. The number of benzene rings is 1. The molecule has 2 aromatic heterocycles. The van der Waals surface area contributed by atoms with Gasteiger partial charge in [-0.25, -0.2) is 4.98 Å². The summed E-state index contributed by atoms with van der Waals surface area (Å²) in [6, 6.07) is 8.30. The Hall–Kier alpha value is -2.93. The van der Waals surface area contributed by atoms with E-state index in [1.165, 1.54) is 17.1 Å². The van der Waals surface area contributed by atoms with Crippen molar-refractivity contribution >= 4 is 17.3 Å². The molecule has 2 N–H and O–H groups in total. The van der Waals surface area contributed by atoms with Gasteiger partial charge < -0.3 is 5.32 Å². The van der Waals surface area contributed by atoms with E-state index in [9.17, 15) is 4.79 Å². The molecule has 23 heavy (non-hydrogen) atoms. The zero-order valence-corrected chi connectivity index (χ0v) is 12.8. The van der Waals surface area contributed by atoms with Gasteiger partial charge in [0.25, 0.3) is 5.56 Å². The number of nitrogens with one attached hydrogen (secondary N) is 2. The molecule has 0 saturated carbocycles. The molecule has 0 aliphatic carbocycles. The highest BCUT2D eigenvalue weighted by atomic mass is 35.5. The van der Waals surface area contributed by atoms with Gasteiger partial charge in [0.15, 0.2) is 11.5 Å². The lowest BCUT2D eigenvalue weighted by molar-refractivity contribution is 0.809. The van der Waals surface area contributed by atoms with Gasteiger partial charge in [-0.1, -0.05) is 17.7 Å². The molecule has 0 bridgehead atoms. The van der Waals surface area contributed by atoms with Gasteiger partial charge in [0.1, 0.15) is 6.33 Å². The predicted octanol–water partition coefficient (Wildman–Crippen LogP) is 2.27. The maximum absolute atomic E-state index is 12.4. The first-order valence-corrected chi connectivity index (χ1v) is 7.17. The highest BCUT2D eigenvalue weighted by molar-refractivity contribution is 6.30. The molecule has 3 aromatic rings. The summed E-state index contributed by atoms with van der Waals surface area (Å²) in [6.45, 7) is 4.14. The van der Waals surface area contributed by atoms with Crippen LogP contribution in [0.2, 0.25) is 5.02 Å². The third-order valence-corrected chi connectivity index (χ3v) is 3.33. The summed E-state index contributed by atoms with van der Waals surface area (Å²) >= 11 is 5.88. The molecular weight excluding hydrogens is 316 g/mol. The molecule has 0 atom stereocenters. The second-order valence-electron chi connectivity index (χ2n) is 4.64. The Labute approximate surface area is 136 Å². The van der Waals surface area contributed by atoms with E-state index in [1.807, 2.05) is 0 Å². The van der Waals surface area contributed by atoms with Gasteiger partial charge in [-0.3, -0.25) is 9.89 Å². The number of anilines is 1. The van der Waals surface area contributed by atoms with Gasteiger partial charge in [-0.2, -0.15) is 14.9 Å². The summed E-state index contributed by atoms with van der Waals surface area (Å²) in [5.41, 5.74) is 1.37. The van der Waals surface area contributed by atoms with Gasteiger partial charge in [-0.15, -0.1) is 6.58 Å². The van der Waals surface area contributed by atoms with E-state index in [-0.39, 0.29) is 5.56 Å². The van der Waals surface area contributed by atoms with E-state index in [4.69, 9.17) is 11.6 Å². The van der Waals surface area contributed by atoms with Crippen molar-refractivity contribution in [1.29, 1.82) is 0 Å². The van der Waals surface area contributed by atoms with Crippen molar-refractivity contribution in [3.8, 4) is 17.2 Å². The van der Waals surface area contributed by atoms with Crippen LogP contribution in [-0.4, -0.2) is 31.5 Å². The Balaban J connectivity index is 2.15. The number of aromatic nitrogens is 5. The van der Waals surface area contributed by atoms with Crippen LogP contribution in [0.1, 0.15) is 0 Å². The standard InChI is InChI=1S/C15H13ClN6O/c1-2-7-17-12-8-13(23)22(11-5-3-10(16)4-6-11)21-14(12)15-18-9-19-20-15/h2-6,8-9,17H,1,7H2,(H,18,19,20). The van der Waals surface area contributed by atoms with Crippen molar-refractivity contribution in [2.75, 3.05) is 11.9 Å². The van der Waals surface area contributed by atoms with Crippen molar-refractivity contribution in [2.45, 2.75) is 0 Å². The topological polar surface area (TPSA) is 88.5 Å². The third-order valence-electron chi connectivity index (χ3n) is 3.08. The molecule has 0 unspecified atom stereocenters. The predicted molar refractivity (Wildman–Crippen MR) is 88.9 cm³/mol. The summed E-state index contributed by atoms with van der Waals surface area (Å²) in [5, 5.41) is 14.6. The fourth-order valence-electron chi connectivity index (χ4n) is 2.03. The van der Waals surface area contributed by atoms with Crippen LogP contribution < -0.4 is 10.9 Å². The van der Waals surface area contributed by atoms with E-state index in [0.29, 0.717) is 34.5 Å². The molecule has 0 aliphatic rings. The van der Waals surface area contributed by atoms with E-state index in [1.54, 1.807) is 30.3 Å². The Kier molecular flexibility index (Phi) is 4.20. The molecule has 0 spiro atoms. The zero-order valence-electron chi connectivity index (χ0n) is 12.0. The summed E-state index contributed by atoms with van der Waals surface area (Å²) in [5.74, 6) is 0.458. The van der Waals surface area contributed by atoms with Crippen LogP contribution in [0.25, 0.3) is 17.2 Å². The zero-order chi connectivity index (χ0) is 16.2. The van der Waals surface area contributed by atoms with Gasteiger partial charge >= 0.3 is 0 Å². The Morgan fingerprint density at radius 1 is 1.35 bits per heavy atom. The third kappa shape index (κ3) is 3.14. The number of halogens is 1. The van der Waals surface area contributed by atoms with Crippen LogP contribution >= 0.6 is 11.6 Å². The monoisotopic (exact) mass is 328 g/mol. The number of aromatic amines is 1. The van der Waals surface area contributed by atoms with Crippen LogP contribution in [0, 0.1) is 0 Å². The first-order chi connectivity index (χ1) is 11.2. The van der Waals surface area contributed by atoms with Crippen molar-refractivity contribution in [1.82, 2.24) is 25.0 Å². The molecule has 0 aliphatic heterocycles. The number of H-pyrrole nitrogens is 1. The first-order valence-electron chi connectivity index (χ1n) is 6.80. The van der Waals surface area contributed by atoms with Crippen molar-refractivity contribution in [3.63, 3.8) is 0 Å². The molecule has 2 heterocycles. The van der Waals surface area contributed by atoms with Gasteiger partial charge in [0.2, 0.25) is 0 Å². The Bertz CT molecular complexity index is 870. The van der Waals surface area contributed by atoms with Gasteiger partial charge in [0.05, 0.1) is 11.4 Å². The fourth-order valence-corrected chi connectivity index (χ4v) is 2.16. The average Bonchev–Trinajstić information content (AvgIpc) is 3.08. The highest BCUT2D eigenvalue weighted by Gasteiger charge is 2.14. The fraction of sp³-hybridized carbons (Fsp3) is 0.0667. The minimum Gasteiger partial charge on any atom is -0.380 e. The Morgan fingerprint density at radius 2 is 2.13 bits per heavy atom. The second kappa shape index (κ2) is 6.45. The van der Waals surface area contributed by atoms with Crippen LogP contribution in [0.15, 0.2) is 54.1 Å². The summed E-state index contributed by atoms with van der Waals surface area (Å²) in [7, 11) is 0. The summed E-state index contributed by atoms with van der Waals surface area (Å²) < 4.78 is 1.28. The molecule has 3 rings (SSSR count). The van der Waals surface area contributed by atoms with Crippen molar-refractivity contribution < 1.29 is 0 Å². The van der Waals surface area contributed by atoms with Gasteiger partial charge in [0, 0.05) is 17.6 Å². The first kappa shape index (κ1) is 15.0. The molecule has 7 nitrogen and oxygen atoms in total. The highest BCUT2D eigenvalue weighted by Crippen LogP contribution is 2.21. The van der Waals surface area contributed by atoms with E-state index in [2.05, 4.69) is 32.2 Å². The van der Waals surface area contributed by atoms with Crippen LogP contribution in [-0.2, 0) is 0 Å². The maximum Gasteiger partial charge on any atom is 0.273 e. The van der Waals surface area contributed by atoms with Crippen LogP contribution in [0.5, 0.6) is 0 Å². The van der Waals surface area contributed by atoms with Crippen LogP contribution in [0.4, 0.5) is 5.69 Å². The number of nitrogens with zero attached hydrogens (tertiary/aromatic N) is 4.